The maximum absolute atomic E-state index is 9.28. The van der Waals surface area contributed by atoms with Crippen LogP contribution in [0.3, 0.4) is 0 Å². The van der Waals surface area contributed by atoms with Crippen LogP contribution in [0.25, 0.3) is 0 Å². The fraction of sp³-hybridized carbons (Fsp3) is 0.625. The molecule has 2 atom stereocenters. The van der Waals surface area contributed by atoms with Crippen molar-refractivity contribution in [1.82, 2.24) is 10.3 Å². The Morgan fingerprint density at radius 2 is 2.58 bits per heavy atom. The highest BCUT2D eigenvalue weighted by atomic mass is 32.1. The highest BCUT2D eigenvalue weighted by Crippen LogP contribution is 2.25. The molecule has 0 radical (unpaired) electrons. The summed E-state index contributed by atoms with van der Waals surface area (Å²) in [5, 5.41) is 15.7. The standard InChI is InChI=1S/C8H12N2OS/c1-5-4-12-8(10-5)7-2-6(11)3-9-7/h4,6-7,9,11H,2-3H2,1H3/t6-,7+/m1/s1. The van der Waals surface area contributed by atoms with E-state index in [1.807, 2.05) is 12.3 Å². The normalized spacial score (nSPS) is 29.5. The number of aliphatic hydroxyl groups excluding tert-OH is 1. The van der Waals surface area contributed by atoms with Crippen LogP contribution in [0.5, 0.6) is 0 Å². The largest absolute Gasteiger partial charge is 0.392 e. The van der Waals surface area contributed by atoms with Crippen LogP contribution in [0.4, 0.5) is 0 Å². The van der Waals surface area contributed by atoms with Crippen LogP contribution < -0.4 is 5.32 Å². The predicted molar refractivity (Wildman–Crippen MR) is 48.2 cm³/mol. The van der Waals surface area contributed by atoms with E-state index in [9.17, 15) is 5.11 Å². The van der Waals surface area contributed by atoms with Crippen LogP contribution in [0.2, 0.25) is 0 Å². The quantitative estimate of drug-likeness (QED) is 0.680. The molecule has 0 unspecified atom stereocenters. The SMILES string of the molecule is Cc1csc([C@@H]2C[C@@H](O)CN2)n1. The summed E-state index contributed by atoms with van der Waals surface area (Å²) in [5.74, 6) is 0. The lowest BCUT2D eigenvalue weighted by Crippen LogP contribution is -2.14. The number of nitrogens with zero attached hydrogens (tertiary/aromatic N) is 1. The van der Waals surface area contributed by atoms with Gasteiger partial charge in [-0.1, -0.05) is 0 Å². The molecule has 1 aliphatic heterocycles. The number of β-amino-alcohol motifs (C(OH)–C–C–N with tert-alkyl or cyclic N) is 1. The lowest BCUT2D eigenvalue weighted by Gasteiger charge is -2.03. The summed E-state index contributed by atoms with van der Waals surface area (Å²) in [6, 6.07) is 0.277. The van der Waals surface area contributed by atoms with Gasteiger partial charge < -0.3 is 10.4 Å². The molecule has 0 spiro atoms. The van der Waals surface area contributed by atoms with Crippen LogP contribution >= 0.6 is 11.3 Å². The van der Waals surface area contributed by atoms with Crippen molar-refractivity contribution >= 4 is 11.3 Å². The van der Waals surface area contributed by atoms with Crippen molar-refractivity contribution < 1.29 is 5.11 Å². The number of hydrogen-bond donors (Lipinski definition) is 2. The summed E-state index contributed by atoms with van der Waals surface area (Å²) in [7, 11) is 0. The van der Waals surface area contributed by atoms with Gasteiger partial charge in [-0.15, -0.1) is 11.3 Å². The first-order valence-electron chi connectivity index (χ1n) is 4.09. The first kappa shape index (κ1) is 8.16. The highest BCUT2D eigenvalue weighted by molar-refractivity contribution is 7.09. The first-order valence-corrected chi connectivity index (χ1v) is 4.97. The van der Waals surface area contributed by atoms with E-state index in [0.29, 0.717) is 6.54 Å². The Balaban J connectivity index is 2.11. The monoisotopic (exact) mass is 184 g/mol. The fourth-order valence-electron chi connectivity index (χ4n) is 1.44. The van der Waals surface area contributed by atoms with Gasteiger partial charge in [0, 0.05) is 17.6 Å². The van der Waals surface area contributed by atoms with E-state index in [1.54, 1.807) is 11.3 Å². The van der Waals surface area contributed by atoms with E-state index in [2.05, 4.69) is 10.3 Å². The molecular formula is C8H12N2OS. The van der Waals surface area contributed by atoms with Crippen molar-refractivity contribution in [2.24, 2.45) is 0 Å². The minimum Gasteiger partial charge on any atom is -0.392 e. The Hall–Kier alpha value is -0.450. The Morgan fingerprint density at radius 3 is 3.08 bits per heavy atom. The minimum absolute atomic E-state index is 0.195. The third-order valence-corrected chi connectivity index (χ3v) is 3.12. The molecule has 0 aromatic carbocycles. The number of hydrogen-bond acceptors (Lipinski definition) is 4. The molecule has 4 heteroatoms. The van der Waals surface area contributed by atoms with Gasteiger partial charge in [0.15, 0.2) is 0 Å². The number of rotatable bonds is 1. The van der Waals surface area contributed by atoms with Crippen LogP contribution in [0.1, 0.15) is 23.2 Å². The molecule has 1 aliphatic rings. The third kappa shape index (κ3) is 1.50. The molecule has 0 amide bonds. The summed E-state index contributed by atoms with van der Waals surface area (Å²) in [4.78, 5) is 4.37. The minimum atomic E-state index is -0.195. The molecule has 1 aromatic heterocycles. The lowest BCUT2D eigenvalue weighted by molar-refractivity contribution is 0.193. The molecule has 0 aliphatic carbocycles. The molecule has 0 bridgehead atoms. The van der Waals surface area contributed by atoms with Gasteiger partial charge in [-0.25, -0.2) is 4.98 Å². The molecule has 3 nitrogen and oxygen atoms in total. The van der Waals surface area contributed by atoms with Crippen LogP contribution in [0.15, 0.2) is 5.38 Å². The Morgan fingerprint density at radius 1 is 1.75 bits per heavy atom. The molecule has 1 fully saturated rings. The van der Waals surface area contributed by atoms with Crippen LogP contribution in [-0.2, 0) is 0 Å². The number of nitrogens with one attached hydrogen (secondary N) is 1. The van der Waals surface area contributed by atoms with Crippen molar-refractivity contribution in [2.45, 2.75) is 25.5 Å². The topological polar surface area (TPSA) is 45.1 Å². The molecule has 12 heavy (non-hydrogen) atoms. The van der Waals surface area contributed by atoms with Gasteiger partial charge in [0.2, 0.25) is 0 Å². The zero-order valence-electron chi connectivity index (χ0n) is 6.95. The van der Waals surface area contributed by atoms with E-state index in [-0.39, 0.29) is 12.1 Å². The molecule has 2 heterocycles. The average molecular weight is 184 g/mol. The van der Waals surface area contributed by atoms with Crippen LogP contribution in [0, 0.1) is 6.92 Å². The van der Waals surface area contributed by atoms with E-state index in [1.165, 1.54) is 0 Å². The molecule has 1 aromatic rings. The van der Waals surface area contributed by atoms with E-state index in [0.717, 1.165) is 17.1 Å². The third-order valence-electron chi connectivity index (χ3n) is 2.04. The summed E-state index contributed by atoms with van der Waals surface area (Å²) >= 11 is 1.66. The molecular weight excluding hydrogens is 172 g/mol. The van der Waals surface area contributed by atoms with E-state index >= 15 is 0 Å². The maximum atomic E-state index is 9.28. The Bertz CT molecular complexity index is 274. The Kier molecular flexibility index (Phi) is 2.12. The second kappa shape index (κ2) is 3.12. The van der Waals surface area contributed by atoms with Crippen molar-refractivity contribution in [1.29, 1.82) is 0 Å². The van der Waals surface area contributed by atoms with Gasteiger partial charge in [-0.3, -0.25) is 0 Å². The van der Waals surface area contributed by atoms with Crippen molar-refractivity contribution in [2.75, 3.05) is 6.54 Å². The van der Waals surface area contributed by atoms with Gasteiger partial charge in [0.1, 0.15) is 5.01 Å². The second-order valence-electron chi connectivity index (χ2n) is 3.18. The van der Waals surface area contributed by atoms with Crippen LogP contribution in [-0.4, -0.2) is 22.7 Å². The maximum Gasteiger partial charge on any atom is 0.110 e. The lowest BCUT2D eigenvalue weighted by atomic mass is 10.2. The van der Waals surface area contributed by atoms with Crippen molar-refractivity contribution in [3.63, 3.8) is 0 Å². The number of aliphatic hydroxyl groups is 1. The average Bonchev–Trinajstić information content (AvgIpc) is 2.58. The molecule has 2 rings (SSSR count). The number of aromatic nitrogens is 1. The smallest absolute Gasteiger partial charge is 0.110 e. The summed E-state index contributed by atoms with van der Waals surface area (Å²) in [6.07, 6.45) is 0.603. The number of aryl methyl sites for hydroxylation is 1. The Labute approximate surface area is 75.5 Å². The zero-order chi connectivity index (χ0) is 8.55. The van der Waals surface area contributed by atoms with Gasteiger partial charge >= 0.3 is 0 Å². The molecule has 0 saturated carbocycles. The molecule has 2 N–H and O–H groups in total. The van der Waals surface area contributed by atoms with Crippen molar-refractivity contribution in [3.8, 4) is 0 Å². The van der Waals surface area contributed by atoms with E-state index < -0.39 is 0 Å². The van der Waals surface area contributed by atoms with Gasteiger partial charge in [0.05, 0.1) is 12.1 Å². The fourth-order valence-corrected chi connectivity index (χ4v) is 2.32. The van der Waals surface area contributed by atoms with Gasteiger partial charge in [0.25, 0.3) is 0 Å². The summed E-state index contributed by atoms with van der Waals surface area (Å²) in [5.41, 5.74) is 1.07. The second-order valence-corrected chi connectivity index (χ2v) is 4.07. The predicted octanol–water partition coefficient (Wildman–Crippen LogP) is 0.847. The highest BCUT2D eigenvalue weighted by Gasteiger charge is 2.25. The first-order chi connectivity index (χ1) is 5.75. The van der Waals surface area contributed by atoms with Gasteiger partial charge in [-0.2, -0.15) is 0 Å². The molecule has 1 saturated heterocycles. The summed E-state index contributed by atoms with van der Waals surface area (Å²) < 4.78 is 0. The summed E-state index contributed by atoms with van der Waals surface area (Å²) in [6.45, 7) is 2.69. The van der Waals surface area contributed by atoms with E-state index in [4.69, 9.17) is 0 Å². The zero-order valence-corrected chi connectivity index (χ0v) is 7.77. The van der Waals surface area contributed by atoms with Gasteiger partial charge in [-0.05, 0) is 13.3 Å². The molecule has 66 valence electrons. The van der Waals surface area contributed by atoms with Crippen molar-refractivity contribution in [3.05, 3.63) is 16.1 Å². The number of thiazole rings is 1.